The number of nitrogens with one attached hydrogen (secondary N) is 1. The quantitative estimate of drug-likeness (QED) is 0.299. The molecular weight excluding hydrogens is 522 g/mol. The number of benzene rings is 1. The number of carbonyl (C=O) groups excluding carboxylic acids is 2. The fraction of sp³-hybridized carbons (Fsp3) is 0.269. The summed E-state index contributed by atoms with van der Waals surface area (Å²) in [6.07, 6.45) is 5.01. The normalized spacial score (nSPS) is 14.3. The highest BCUT2D eigenvalue weighted by Gasteiger charge is 2.26. The summed E-state index contributed by atoms with van der Waals surface area (Å²) in [6.45, 7) is 2.18. The topological polar surface area (TPSA) is 157 Å². The number of carbonyl (C=O) groups is 2. The Kier molecular flexibility index (Phi) is 7.48. The van der Waals surface area contributed by atoms with Crippen molar-refractivity contribution < 1.29 is 14.3 Å². The number of ether oxygens (including phenoxy) is 1. The molecule has 1 atom stereocenters. The molecule has 0 unspecified atom stereocenters. The zero-order valence-electron chi connectivity index (χ0n) is 21.2. The predicted molar refractivity (Wildman–Crippen MR) is 148 cm³/mol. The van der Waals surface area contributed by atoms with Crippen LogP contribution in [0.2, 0.25) is 5.02 Å². The maximum absolute atomic E-state index is 12.5. The molecule has 0 spiro atoms. The van der Waals surface area contributed by atoms with Gasteiger partial charge in [0.2, 0.25) is 17.8 Å². The Hall–Kier alpha value is -4.42. The van der Waals surface area contributed by atoms with Crippen LogP contribution in [-0.2, 0) is 9.59 Å². The second-order valence-electron chi connectivity index (χ2n) is 9.06. The number of imidazole rings is 1. The van der Waals surface area contributed by atoms with Crippen LogP contribution in [0, 0.1) is 0 Å². The molecule has 202 valence electrons. The van der Waals surface area contributed by atoms with E-state index in [2.05, 4.69) is 25.2 Å². The molecule has 5 N–H and O–H groups in total. The molecule has 39 heavy (non-hydrogen) atoms. The van der Waals surface area contributed by atoms with Crippen molar-refractivity contribution >= 4 is 46.4 Å². The van der Waals surface area contributed by atoms with Crippen LogP contribution in [-0.4, -0.2) is 75.4 Å². The number of nitrogens with two attached hydrogens (primary N) is 2. The van der Waals surface area contributed by atoms with Gasteiger partial charge in [-0.05, 0) is 24.3 Å². The molecule has 12 nitrogen and oxygen atoms in total. The third-order valence-corrected chi connectivity index (χ3v) is 6.81. The van der Waals surface area contributed by atoms with Crippen LogP contribution in [0.3, 0.4) is 0 Å². The highest BCUT2D eigenvalue weighted by molar-refractivity contribution is 6.32. The van der Waals surface area contributed by atoms with Crippen molar-refractivity contribution in [2.45, 2.75) is 12.5 Å². The largest absolute Gasteiger partial charge is 0.494 e. The number of anilines is 3. The molecule has 0 saturated carbocycles. The van der Waals surface area contributed by atoms with Crippen molar-refractivity contribution in [2.24, 2.45) is 11.5 Å². The molecular formula is C26H28ClN9O3. The van der Waals surface area contributed by atoms with Crippen molar-refractivity contribution in [1.82, 2.24) is 24.3 Å². The Morgan fingerprint density at radius 1 is 1.13 bits per heavy atom. The number of fused-ring (bicyclic) bond motifs is 1. The standard InChI is InChI=1S/C26H28ClN9O3/c1-39-21-12-16(34-8-10-35(11-9-34)25(38)18(28)13-22(29)37)5-6-19(21)32-26-31-14-17(27)24(33-26)20-15-30-23-4-2-3-7-36(20)23/h2-7,12,14-15,18H,8-11,13,28H2,1H3,(H2,29,37)(H,31,32,33)/t18-/m0/s1. The van der Waals surface area contributed by atoms with Gasteiger partial charge in [-0.25, -0.2) is 15.0 Å². The second kappa shape index (κ2) is 11.1. The number of primary amides is 1. The van der Waals surface area contributed by atoms with Gasteiger partial charge in [0.15, 0.2) is 0 Å². The first-order chi connectivity index (χ1) is 18.8. The summed E-state index contributed by atoms with van der Waals surface area (Å²) in [6, 6.07) is 10.6. The van der Waals surface area contributed by atoms with Crippen molar-refractivity contribution in [2.75, 3.05) is 43.5 Å². The second-order valence-corrected chi connectivity index (χ2v) is 9.47. The van der Waals surface area contributed by atoms with Gasteiger partial charge in [-0.1, -0.05) is 17.7 Å². The zero-order valence-corrected chi connectivity index (χ0v) is 22.0. The molecule has 2 amide bonds. The third-order valence-electron chi connectivity index (χ3n) is 6.53. The van der Waals surface area contributed by atoms with E-state index < -0.39 is 11.9 Å². The van der Waals surface area contributed by atoms with E-state index in [-0.39, 0.29) is 12.3 Å². The van der Waals surface area contributed by atoms with Crippen LogP contribution < -0.4 is 26.4 Å². The number of methoxy groups -OCH3 is 1. The molecule has 4 aromatic rings. The van der Waals surface area contributed by atoms with E-state index in [1.165, 1.54) is 0 Å². The van der Waals surface area contributed by atoms with Crippen molar-refractivity contribution in [1.29, 1.82) is 0 Å². The summed E-state index contributed by atoms with van der Waals surface area (Å²) in [4.78, 5) is 40.8. The maximum atomic E-state index is 12.5. The fourth-order valence-corrected chi connectivity index (χ4v) is 4.73. The Bertz CT molecular complexity index is 1520. The lowest BCUT2D eigenvalue weighted by Gasteiger charge is -2.37. The maximum Gasteiger partial charge on any atom is 0.240 e. The van der Waals surface area contributed by atoms with Gasteiger partial charge in [-0.15, -0.1) is 0 Å². The molecule has 0 aliphatic carbocycles. The zero-order chi connectivity index (χ0) is 27.5. The fourth-order valence-electron chi connectivity index (χ4n) is 4.54. The van der Waals surface area contributed by atoms with E-state index in [1.807, 2.05) is 47.0 Å². The molecule has 1 saturated heterocycles. The first-order valence-electron chi connectivity index (χ1n) is 12.3. The highest BCUT2D eigenvalue weighted by atomic mass is 35.5. The molecule has 4 heterocycles. The summed E-state index contributed by atoms with van der Waals surface area (Å²) < 4.78 is 7.56. The van der Waals surface area contributed by atoms with Gasteiger partial charge in [0, 0.05) is 44.1 Å². The number of nitrogens with zero attached hydrogens (tertiary/aromatic N) is 6. The minimum Gasteiger partial charge on any atom is -0.494 e. The molecule has 1 aliphatic rings. The smallest absolute Gasteiger partial charge is 0.240 e. The summed E-state index contributed by atoms with van der Waals surface area (Å²) in [5.41, 5.74) is 14.7. The molecule has 13 heteroatoms. The Morgan fingerprint density at radius 2 is 1.92 bits per heavy atom. The average Bonchev–Trinajstić information content (AvgIpc) is 3.37. The number of aromatic nitrogens is 4. The summed E-state index contributed by atoms with van der Waals surface area (Å²) >= 11 is 6.45. The van der Waals surface area contributed by atoms with Gasteiger partial charge >= 0.3 is 0 Å². The Labute approximate surface area is 229 Å². The highest BCUT2D eigenvalue weighted by Crippen LogP contribution is 2.33. The Balaban J connectivity index is 1.30. The first-order valence-corrected chi connectivity index (χ1v) is 12.7. The van der Waals surface area contributed by atoms with Crippen LogP contribution in [0.5, 0.6) is 5.75 Å². The summed E-state index contributed by atoms with van der Waals surface area (Å²) in [5.74, 6) is 0.0952. The van der Waals surface area contributed by atoms with Crippen LogP contribution in [0.25, 0.3) is 17.0 Å². The molecule has 1 fully saturated rings. The van der Waals surface area contributed by atoms with Gasteiger partial charge in [0.25, 0.3) is 0 Å². The molecule has 0 radical (unpaired) electrons. The van der Waals surface area contributed by atoms with E-state index in [4.69, 9.17) is 27.8 Å². The van der Waals surface area contributed by atoms with Crippen LogP contribution in [0.1, 0.15) is 6.42 Å². The minimum absolute atomic E-state index is 0.164. The van der Waals surface area contributed by atoms with E-state index in [0.717, 1.165) is 17.0 Å². The first kappa shape index (κ1) is 26.2. The SMILES string of the molecule is COc1cc(N2CCN(C(=O)[C@@H](N)CC(N)=O)CC2)ccc1Nc1ncc(Cl)c(-c2cnc3ccccn23)n1. The van der Waals surface area contributed by atoms with Gasteiger partial charge in [-0.2, -0.15) is 0 Å². The molecule has 5 rings (SSSR count). The number of halogens is 1. The summed E-state index contributed by atoms with van der Waals surface area (Å²) in [5, 5.41) is 3.63. The number of rotatable bonds is 8. The van der Waals surface area contributed by atoms with Gasteiger partial charge in [-0.3, -0.25) is 14.0 Å². The predicted octanol–water partition coefficient (Wildman–Crippen LogP) is 2.05. The van der Waals surface area contributed by atoms with Crippen molar-refractivity contribution in [3.63, 3.8) is 0 Å². The van der Waals surface area contributed by atoms with Crippen LogP contribution in [0.4, 0.5) is 17.3 Å². The lowest BCUT2D eigenvalue weighted by molar-refractivity contribution is -0.134. The van der Waals surface area contributed by atoms with Gasteiger partial charge in [0.1, 0.15) is 17.1 Å². The third kappa shape index (κ3) is 5.56. The monoisotopic (exact) mass is 549 g/mol. The number of piperazine rings is 1. The number of hydrogen-bond donors (Lipinski definition) is 3. The molecule has 3 aromatic heterocycles. The number of amides is 2. The average molecular weight is 550 g/mol. The summed E-state index contributed by atoms with van der Waals surface area (Å²) in [7, 11) is 1.59. The lowest BCUT2D eigenvalue weighted by Crippen LogP contribution is -2.53. The van der Waals surface area contributed by atoms with E-state index in [0.29, 0.717) is 54.3 Å². The number of pyridine rings is 1. The van der Waals surface area contributed by atoms with E-state index in [9.17, 15) is 9.59 Å². The van der Waals surface area contributed by atoms with Gasteiger partial charge in [0.05, 0.1) is 48.4 Å². The molecule has 1 aliphatic heterocycles. The van der Waals surface area contributed by atoms with Crippen molar-refractivity contribution in [3.8, 4) is 17.1 Å². The number of hydrogen-bond acceptors (Lipinski definition) is 9. The molecule has 1 aromatic carbocycles. The minimum atomic E-state index is -0.914. The molecule has 0 bridgehead atoms. The lowest BCUT2D eigenvalue weighted by atomic mass is 10.1. The Morgan fingerprint density at radius 3 is 2.67 bits per heavy atom. The van der Waals surface area contributed by atoms with Crippen LogP contribution in [0.15, 0.2) is 55.0 Å². The van der Waals surface area contributed by atoms with Crippen LogP contribution >= 0.6 is 11.6 Å². The van der Waals surface area contributed by atoms with E-state index >= 15 is 0 Å². The van der Waals surface area contributed by atoms with Gasteiger partial charge < -0.3 is 31.3 Å². The van der Waals surface area contributed by atoms with Crippen molar-refractivity contribution in [3.05, 3.63) is 60.0 Å². The van der Waals surface area contributed by atoms with E-state index in [1.54, 1.807) is 24.4 Å².